The molecule has 104 valence electrons. The Bertz CT molecular complexity index is 629. The highest BCUT2D eigenvalue weighted by atomic mass is 35.5. The van der Waals surface area contributed by atoms with E-state index >= 15 is 0 Å². The molecular weight excluding hydrogens is 274 g/mol. The first-order valence-corrected chi connectivity index (χ1v) is 6.99. The summed E-state index contributed by atoms with van der Waals surface area (Å²) in [5.41, 5.74) is 8.98. The summed E-state index contributed by atoms with van der Waals surface area (Å²) in [7, 11) is 0. The minimum absolute atomic E-state index is 0.519. The molecule has 0 aliphatic carbocycles. The molecule has 0 bridgehead atoms. The highest BCUT2D eigenvalue weighted by molar-refractivity contribution is 6.30. The third-order valence-corrected chi connectivity index (χ3v) is 3.53. The van der Waals surface area contributed by atoms with Gasteiger partial charge in [-0.15, -0.1) is 0 Å². The fourth-order valence-corrected chi connectivity index (χ4v) is 2.52. The summed E-state index contributed by atoms with van der Waals surface area (Å²) in [6, 6.07) is 7.44. The molecule has 6 heteroatoms. The number of rotatable bonds is 2. The number of nitrogen functional groups attached to an aromatic ring is 1. The molecular formula is C14H16ClN5. The van der Waals surface area contributed by atoms with E-state index in [2.05, 4.69) is 20.6 Å². The van der Waals surface area contributed by atoms with E-state index in [-0.39, 0.29) is 0 Å². The number of halogens is 1. The zero-order valence-electron chi connectivity index (χ0n) is 11.0. The van der Waals surface area contributed by atoms with Gasteiger partial charge in [-0.2, -0.15) is 4.98 Å². The van der Waals surface area contributed by atoms with Gasteiger partial charge in [0, 0.05) is 29.2 Å². The van der Waals surface area contributed by atoms with Crippen molar-refractivity contribution in [3.8, 4) is 0 Å². The normalized spacial score (nSPS) is 14.4. The number of benzene rings is 1. The van der Waals surface area contributed by atoms with E-state index in [0.29, 0.717) is 16.8 Å². The summed E-state index contributed by atoms with van der Waals surface area (Å²) in [5.74, 6) is 1.08. The topological polar surface area (TPSA) is 75.9 Å². The summed E-state index contributed by atoms with van der Waals surface area (Å²) in [4.78, 5) is 8.91. The van der Waals surface area contributed by atoms with E-state index in [0.717, 1.165) is 42.9 Å². The third-order valence-electron chi connectivity index (χ3n) is 3.30. The highest BCUT2D eigenvalue weighted by Gasteiger charge is 2.14. The second-order valence-corrected chi connectivity index (χ2v) is 5.18. The smallest absolute Gasteiger partial charge is 0.229 e. The van der Waals surface area contributed by atoms with Gasteiger partial charge in [0.15, 0.2) is 0 Å². The lowest BCUT2D eigenvalue weighted by atomic mass is 10.1. The van der Waals surface area contributed by atoms with Gasteiger partial charge >= 0.3 is 0 Å². The Labute approximate surface area is 122 Å². The fourth-order valence-electron chi connectivity index (χ4n) is 2.33. The van der Waals surface area contributed by atoms with Crippen LogP contribution in [0.4, 0.5) is 17.5 Å². The Morgan fingerprint density at radius 2 is 2.05 bits per heavy atom. The van der Waals surface area contributed by atoms with Crippen molar-refractivity contribution in [3.05, 3.63) is 40.5 Å². The molecule has 5 nitrogen and oxygen atoms in total. The molecule has 0 atom stereocenters. The van der Waals surface area contributed by atoms with Gasteiger partial charge in [0.25, 0.3) is 0 Å². The van der Waals surface area contributed by atoms with Crippen LogP contribution in [0.2, 0.25) is 5.02 Å². The number of nitrogens with two attached hydrogens (primary N) is 1. The van der Waals surface area contributed by atoms with E-state index in [9.17, 15) is 0 Å². The summed E-state index contributed by atoms with van der Waals surface area (Å²) < 4.78 is 0. The van der Waals surface area contributed by atoms with Crippen LogP contribution in [0, 0.1) is 0 Å². The van der Waals surface area contributed by atoms with Crippen molar-refractivity contribution in [3.63, 3.8) is 0 Å². The molecule has 1 aliphatic heterocycles. The molecule has 0 fully saturated rings. The first-order chi connectivity index (χ1) is 9.72. The lowest BCUT2D eigenvalue weighted by Crippen LogP contribution is -2.16. The van der Waals surface area contributed by atoms with Crippen molar-refractivity contribution in [2.45, 2.75) is 12.8 Å². The van der Waals surface area contributed by atoms with E-state index in [1.807, 2.05) is 24.3 Å². The minimum Gasteiger partial charge on any atom is -0.383 e. The zero-order chi connectivity index (χ0) is 13.9. The molecule has 0 saturated heterocycles. The molecule has 0 radical (unpaired) electrons. The second-order valence-electron chi connectivity index (χ2n) is 4.74. The van der Waals surface area contributed by atoms with Crippen molar-refractivity contribution in [1.82, 2.24) is 15.3 Å². The molecule has 0 unspecified atom stereocenters. The van der Waals surface area contributed by atoms with Crippen LogP contribution in [0.15, 0.2) is 24.3 Å². The van der Waals surface area contributed by atoms with Gasteiger partial charge in [0.2, 0.25) is 5.95 Å². The van der Waals surface area contributed by atoms with E-state index in [1.165, 1.54) is 0 Å². The van der Waals surface area contributed by atoms with Crippen LogP contribution in [0.3, 0.4) is 0 Å². The SMILES string of the molecule is Nc1nc(Nc2cccc(Cl)c2)nc2c1CCNCC2. The van der Waals surface area contributed by atoms with Crippen LogP contribution in [0.1, 0.15) is 11.3 Å². The lowest BCUT2D eigenvalue weighted by molar-refractivity contribution is 0.708. The van der Waals surface area contributed by atoms with E-state index in [1.54, 1.807) is 0 Å². The van der Waals surface area contributed by atoms with Crippen LogP contribution in [0.5, 0.6) is 0 Å². The Morgan fingerprint density at radius 1 is 1.20 bits per heavy atom. The standard InChI is InChI=1S/C14H16ClN5/c15-9-2-1-3-10(8-9)18-14-19-12-5-7-17-6-4-11(12)13(16)20-14/h1-3,8,17H,4-7H2,(H3,16,18,19,20). The Kier molecular flexibility index (Phi) is 3.71. The van der Waals surface area contributed by atoms with Gasteiger partial charge in [-0.1, -0.05) is 17.7 Å². The molecule has 2 heterocycles. The highest BCUT2D eigenvalue weighted by Crippen LogP contribution is 2.22. The molecule has 0 spiro atoms. The molecule has 4 N–H and O–H groups in total. The number of anilines is 3. The van der Waals surface area contributed by atoms with Gasteiger partial charge in [0.05, 0.1) is 5.69 Å². The fraction of sp³-hybridized carbons (Fsp3) is 0.286. The van der Waals surface area contributed by atoms with Gasteiger partial charge in [-0.3, -0.25) is 0 Å². The van der Waals surface area contributed by atoms with Crippen LogP contribution in [0.25, 0.3) is 0 Å². The van der Waals surface area contributed by atoms with Gasteiger partial charge in [-0.05, 0) is 31.2 Å². The average Bonchev–Trinajstić information content (AvgIpc) is 2.64. The lowest BCUT2D eigenvalue weighted by Gasteiger charge is -2.11. The summed E-state index contributed by atoms with van der Waals surface area (Å²) in [6.07, 6.45) is 1.74. The third kappa shape index (κ3) is 2.84. The van der Waals surface area contributed by atoms with Crippen LogP contribution in [-0.4, -0.2) is 23.1 Å². The van der Waals surface area contributed by atoms with Crippen molar-refractivity contribution >= 4 is 29.1 Å². The first kappa shape index (κ1) is 13.1. The predicted octanol–water partition coefficient (Wildman–Crippen LogP) is 2.14. The Hall–Kier alpha value is -1.85. The van der Waals surface area contributed by atoms with Crippen LogP contribution in [-0.2, 0) is 12.8 Å². The number of hydrogen-bond donors (Lipinski definition) is 3. The monoisotopic (exact) mass is 289 g/mol. The molecule has 1 aromatic heterocycles. The van der Waals surface area contributed by atoms with Gasteiger partial charge in [0.1, 0.15) is 5.82 Å². The molecule has 1 aromatic carbocycles. The van der Waals surface area contributed by atoms with Crippen LogP contribution < -0.4 is 16.4 Å². The molecule has 1 aliphatic rings. The molecule has 3 rings (SSSR count). The first-order valence-electron chi connectivity index (χ1n) is 6.61. The minimum atomic E-state index is 0.519. The predicted molar refractivity (Wildman–Crippen MR) is 81.5 cm³/mol. The quantitative estimate of drug-likeness (QED) is 0.790. The number of nitrogens with zero attached hydrogens (tertiary/aromatic N) is 2. The van der Waals surface area contributed by atoms with E-state index < -0.39 is 0 Å². The van der Waals surface area contributed by atoms with Gasteiger partial charge < -0.3 is 16.4 Å². The molecule has 20 heavy (non-hydrogen) atoms. The maximum Gasteiger partial charge on any atom is 0.229 e. The number of fused-ring (bicyclic) bond motifs is 1. The van der Waals surface area contributed by atoms with Crippen molar-refractivity contribution in [2.75, 3.05) is 24.1 Å². The Balaban J connectivity index is 1.91. The van der Waals surface area contributed by atoms with Crippen LogP contribution >= 0.6 is 11.6 Å². The van der Waals surface area contributed by atoms with Gasteiger partial charge in [-0.25, -0.2) is 4.98 Å². The van der Waals surface area contributed by atoms with Crippen molar-refractivity contribution in [2.24, 2.45) is 0 Å². The molecule has 0 amide bonds. The maximum absolute atomic E-state index is 6.05. The number of nitrogens with one attached hydrogen (secondary N) is 2. The Morgan fingerprint density at radius 3 is 2.90 bits per heavy atom. The molecule has 0 saturated carbocycles. The van der Waals surface area contributed by atoms with Crippen molar-refractivity contribution < 1.29 is 0 Å². The second kappa shape index (κ2) is 5.64. The number of hydrogen-bond acceptors (Lipinski definition) is 5. The zero-order valence-corrected chi connectivity index (χ0v) is 11.7. The van der Waals surface area contributed by atoms with E-state index in [4.69, 9.17) is 17.3 Å². The average molecular weight is 290 g/mol. The summed E-state index contributed by atoms with van der Waals surface area (Å²) in [5, 5.41) is 7.15. The summed E-state index contributed by atoms with van der Waals surface area (Å²) in [6.45, 7) is 1.84. The van der Waals surface area contributed by atoms with Crippen molar-refractivity contribution in [1.29, 1.82) is 0 Å². The number of aromatic nitrogens is 2. The molecule has 2 aromatic rings. The largest absolute Gasteiger partial charge is 0.383 e. The maximum atomic E-state index is 6.05. The summed E-state index contributed by atoms with van der Waals surface area (Å²) >= 11 is 5.97.